The Hall–Kier alpha value is -0.340. The molecule has 0 unspecified atom stereocenters. The second kappa shape index (κ2) is 5.33. The fraction of sp³-hybridized carbons (Fsp3) is 0.800. The highest BCUT2D eigenvalue weighted by Gasteiger charge is 2.18. The van der Waals surface area contributed by atoms with Crippen molar-refractivity contribution in [3.8, 4) is 0 Å². The van der Waals surface area contributed by atoms with Gasteiger partial charge in [-0.2, -0.15) is 0 Å². The summed E-state index contributed by atoms with van der Waals surface area (Å²) in [5.41, 5.74) is 0. The van der Waals surface area contributed by atoms with Gasteiger partial charge in [0.1, 0.15) is 0 Å². The van der Waals surface area contributed by atoms with Crippen LogP contribution in [0.2, 0.25) is 0 Å². The third kappa shape index (κ3) is 2.95. The van der Waals surface area contributed by atoms with Gasteiger partial charge >= 0.3 is 0 Å². The molecule has 1 aliphatic carbocycles. The standard InChI is InChI=1S/C10H18O2/c11-8-4-7-10(12)9-5-2-1-3-6-9/h4,7,9-12H,1-3,5-6,8H2/b7-4-/t10-/m0/s1. The Morgan fingerprint density at radius 3 is 2.50 bits per heavy atom. The molecule has 12 heavy (non-hydrogen) atoms. The molecule has 0 radical (unpaired) electrons. The maximum atomic E-state index is 9.61. The molecule has 0 heterocycles. The summed E-state index contributed by atoms with van der Waals surface area (Å²) in [5, 5.41) is 18.1. The first-order valence-corrected chi connectivity index (χ1v) is 4.80. The molecule has 0 aromatic heterocycles. The van der Waals surface area contributed by atoms with Crippen LogP contribution in [0.15, 0.2) is 12.2 Å². The fourth-order valence-electron chi connectivity index (χ4n) is 1.83. The van der Waals surface area contributed by atoms with E-state index in [9.17, 15) is 5.11 Å². The van der Waals surface area contributed by atoms with E-state index < -0.39 is 0 Å². The number of aliphatic hydroxyl groups excluding tert-OH is 2. The summed E-state index contributed by atoms with van der Waals surface area (Å²) in [7, 11) is 0. The Balaban J connectivity index is 2.29. The van der Waals surface area contributed by atoms with E-state index in [0.29, 0.717) is 5.92 Å². The first-order chi connectivity index (χ1) is 5.84. The second-order valence-electron chi connectivity index (χ2n) is 3.50. The summed E-state index contributed by atoms with van der Waals surface area (Å²) >= 11 is 0. The Labute approximate surface area is 73.9 Å². The zero-order valence-electron chi connectivity index (χ0n) is 7.45. The molecule has 0 aliphatic heterocycles. The number of hydrogen-bond acceptors (Lipinski definition) is 2. The van der Waals surface area contributed by atoms with Gasteiger partial charge in [0.15, 0.2) is 0 Å². The van der Waals surface area contributed by atoms with Crippen LogP contribution in [-0.4, -0.2) is 22.9 Å². The molecular weight excluding hydrogens is 152 g/mol. The summed E-state index contributed by atoms with van der Waals surface area (Å²) in [4.78, 5) is 0. The lowest BCUT2D eigenvalue weighted by molar-refractivity contribution is 0.124. The minimum absolute atomic E-state index is 0.0315. The first-order valence-electron chi connectivity index (χ1n) is 4.80. The molecule has 2 N–H and O–H groups in total. The van der Waals surface area contributed by atoms with Gasteiger partial charge in [0, 0.05) is 0 Å². The molecule has 1 aliphatic rings. The Morgan fingerprint density at radius 2 is 1.92 bits per heavy atom. The lowest BCUT2D eigenvalue weighted by Gasteiger charge is -2.24. The molecule has 0 aromatic rings. The van der Waals surface area contributed by atoms with Crippen molar-refractivity contribution in [2.75, 3.05) is 6.61 Å². The highest BCUT2D eigenvalue weighted by atomic mass is 16.3. The van der Waals surface area contributed by atoms with Crippen LogP contribution in [0.1, 0.15) is 32.1 Å². The summed E-state index contributed by atoms with van der Waals surface area (Å²) in [5.74, 6) is 0.432. The van der Waals surface area contributed by atoms with Gasteiger partial charge in [0.25, 0.3) is 0 Å². The van der Waals surface area contributed by atoms with Crippen LogP contribution in [0, 0.1) is 5.92 Å². The molecule has 0 spiro atoms. The van der Waals surface area contributed by atoms with Crippen LogP contribution >= 0.6 is 0 Å². The normalized spacial score (nSPS) is 23.2. The minimum Gasteiger partial charge on any atom is -0.392 e. The SMILES string of the molecule is OC/C=C\[C@H](O)C1CCCCC1. The van der Waals surface area contributed by atoms with E-state index in [0.717, 1.165) is 12.8 Å². The lowest BCUT2D eigenvalue weighted by Crippen LogP contribution is -2.20. The molecule has 0 aromatic carbocycles. The monoisotopic (exact) mass is 170 g/mol. The molecule has 0 saturated heterocycles. The maximum Gasteiger partial charge on any atom is 0.0749 e. The van der Waals surface area contributed by atoms with Crippen molar-refractivity contribution >= 4 is 0 Å². The van der Waals surface area contributed by atoms with Crippen molar-refractivity contribution in [2.24, 2.45) is 5.92 Å². The molecule has 0 amide bonds. The van der Waals surface area contributed by atoms with E-state index in [2.05, 4.69) is 0 Å². The van der Waals surface area contributed by atoms with Gasteiger partial charge in [0.05, 0.1) is 12.7 Å². The fourth-order valence-corrected chi connectivity index (χ4v) is 1.83. The topological polar surface area (TPSA) is 40.5 Å². The van der Waals surface area contributed by atoms with E-state index in [1.807, 2.05) is 0 Å². The van der Waals surface area contributed by atoms with Crippen molar-refractivity contribution < 1.29 is 10.2 Å². The molecule has 70 valence electrons. The van der Waals surface area contributed by atoms with Gasteiger partial charge in [-0.25, -0.2) is 0 Å². The summed E-state index contributed by atoms with van der Waals surface area (Å²) in [6.07, 6.45) is 9.08. The minimum atomic E-state index is -0.336. The Bertz CT molecular complexity index is 137. The number of aliphatic hydroxyl groups is 2. The lowest BCUT2D eigenvalue weighted by atomic mass is 9.85. The molecule has 2 nitrogen and oxygen atoms in total. The van der Waals surface area contributed by atoms with E-state index >= 15 is 0 Å². The van der Waals surface area contributed by atoms with Crippen LogP contribution in [0.5, 0.6) is 0 Å². The van der Waals surface area contributed by atoms with Crippen molar-refractivity contribution in [1.82, 2.24) is 0 Å². The van der Waals surface area contributed by atoms with Gasteiger partial charge in [-0.3, -0.25) is 0 Å². The third-order valence-electron chi connectivity index (χ3n) is 2.57. The molecule has 1 rings (SSSR count). The number of rotatable bonds is 3. The van der Waals surface area contributed by atoms with Crippen LogP contribution in [-0.2, 0) is 0 Å². The number of hydrogen-bond donors (Lipinski definition) is 2. The Morgan fingerprint density at radius 1 is 1.25 bits per heavy atom. The average Bonchev–Trinajstić information content (AvgIpc) is 2.15. The zero-order chi connectivity index (χ0) is 8.81. The van der Waals surface area contributed by atoms with Crippen LogP contribution in [0.3, 0.4) is 0 Å². The van der Waals surface area contributed by atoms with E-state index in [1.165, 1.54) is 19.3 Å². The smallest absolute Gasteiger partial charge is 0.0749 e. The van der Waals surface area contributed by atoms with Crippen molar-refractivity contribution in [2.45, 2.75) is 38.2 Å². The molecule has 1 atom stereocenters. The van der Waals surface area contributed by atoms with E-state index in [-0.39, 0.29) is 12.7 Å². The highest BCUT2D eigenvalue weighted by molar-refractivity contribution is 4.92. The van der Waals surface area contributed by atoms with Gasteiger partial charge in [-0.05, 0) is 18.8 Å². The maximum absolute atomic E-state index is 9.61. The summed E-state index contributed by atoms with van der Waals surface area (Å²) in [6.45, 7) is 0.0315. The van der Waals surface area contributed by atoms with Crippen LogP contribution in [0.4, 0.5) is 0 Å². The van der Waals surface area contributed by atoms with Gasteiger partial charge in [-0.15, -0.1) is 0 Å². The van der Waals surface area contributed by atoms with Crippen LogP contribution in [0.25, 0.3) is 0 Å². The summed E-state index contributed by atoms with van der Waals surface area (Å²) in [6, 6.07) is 0. The van der Waals surface area contributed by atoms with Crippen LogP contribution < -0.4 is 0 Å². The predicted octanol–water partition coefficient (Wildman–Crippen LogP) is 1.48. The van der Waals surface area contributed by atoms with Gasteiger partial charge in [-0.1, -0.05) is 31.4 Å². The average molecular weight is 170 g/mol. The highest BCUT2D eigenvalue weighted by Crippen LogP contribution is 2.26. The summed E-state index contributed by atoms with van der Waals surface area (Å²) < 4.78 is 0. The van der Waals surface area contributed by atoms with Crippen molar-refractivity contribution in [3.63, 3.8) is 0 Å². The van der Waals surface area contributed by atoms with Crippen molar-refractivity contribution in [3.05, 3.63) is 12.2 Å². The van der Waals surface area contributed by atoms with Gasteiger partial charge in [0.2, 0.25) is 0 Å². The van der Waals surface area contributed by atoms with E-state index in [1.54, 1.807) is 12.2 Å². The second-order valence-corrected chi connectivity index (χ2v) is 3.50. The Kier molecular flexibility index (Phi) is 4.33. The predicted molar refractivity (Wildman–Crippen MR) is 48.8 cm³/mol. The first kappa shape index (κ1) is 9.75. The molecule has 2 heteroatoms. The van der Waals surface area contributed by atoms with Crippen molar-refractivity contribution in [1.29, 1.82) is 0 Å². The quantitative estimate of drug-likeness (QED) is 0.630. The molecule has 1 saturated carbocycles. The van der Waals surface area contributed by atoms with E-state index in [4.69, 9.17) is 5.11 Å². The third-order valence-corrected chi connectivity index (χ3v) is 2.57. The molecule has 1 fully saturated rings. The molecule has 0 bridgehead atoms. The van der Waals surface area contributed by atoms with Gasteiger partial charge < -0.3 is 10.2 Å². The largest absolute Gasteiger partial charge is 0.392 e. The molecular formula is C10H18O2. The zero-order valence-corrected chi connectivity index (χ0v) is 7.45.